The van der Waals surface area contributed by atoms with Crippen LogP contribution in [0.4, 0.5) is 0 Å². The van der Waals surface area contributed by atoms with Crippen LogP contribution in [0.2, 0.25) is 0 Å². The Kier molecular flexibility index (Phi) is 3.83. The number of aromatic hydroxyl groups is 1. The molecule has 0 amide bonds. The molecule has 1 heterocycles. The van der Waals surface area contributed by atoms with Crippen LogP contribution in [-0.4, -0.2) is 15.9 Å². The first kappa shape index (κ1) is 12.7. The number of nitrogens with zero attached hydrogens (tertiary/aromatic N) is 1. The summed E-state index contributed by atoms with van der Waals surface area (Å²) in [4.78, 5) is 27.3. The molecular formula is C15H11NO3. The minimum atomic E-state index is -0.584. The van der Waals surface area contributed by atoms with E-state index in [-0.39, 0.29) is 5.56 Å². The standard InChI is InChI=1S/C15H11NO3/c17-13(9-8-11-5-3-4-10-16-11)12-6-1-2-7-14(18)15(12)19/h1-10H,(H,18,19)/b9-8+. The van der Waals surface area contributed by atoms with Gasteiger partial charge < -0.3 is 5.11 Å². The number of hydrogen-bond acceptors (Lipinski definition) is 4. The van der Waals surface area contributed by atoms with Crippen LogP contribution in [0.25, 0.3) is 6.08 Å². The second kappa shape index (κ2) is 5.73. The fourth-order valence-corrected chi connectivity index (χ4v) is 1.51. The Labute approximate surface area is 109 Å². The summed E-state index contributed by atoms with van der Waals surface area (Å²) in [7, 11) is 0. The Balaban J connectivity index is 2.32. The van der Waals surface area contributed by atoms with Crippen LogP contribution in [0.3, 0.4) is 0 Å². The van der Waals surface area contributed by atoms with Gasteiger partial charge in [0.15, 0.2) is 11.5 Å². The first-order chi connectivity index (χ1) is 9.18. The number of carbonyl (C=O) groups excluding carboxylic acids is 1. The number of ketones is 1. The topological polar surface area (TPSA) is 67.3 Å². The summed E-state index contributed by atoms with van der Waals surface area (Å²) < 4.78 is 0. The maximum absolute atomic E-state index is 11.9. The average Bonchev–Trinajstić information content (AvgIpc) is 2.60. The maximum Gasteiger partial charge on any atom is 0.220 e. The fourth-order valence-electron chi connectivity index (χ4n) is 1.51. The molecule has 94 valence electrons. The van der Waals surface area contributed by atoms with Crippen molar-refractivity contribution in [2.75, 3.05) is 0 Å². The molecule has 0 saturated heterocycles. The lowest BCUT2D eigenvalue weighted by Crippen LogP contribution is -2.01. The summed E-state index contributed by atoms with van der Waals surface area (Å²) in [5, 5.41) is 9.64. The summed E-state index contributed by atoms with van der Waals surface area (Å²) in [6.45, 7) is 0. The maximum atomic E-state index is 11.9. The highest BCUT2D eigenvalue weighted by molar-refractivity contribution is 6.08. The Morgan fingerprint density at radius 2 is 1.84 bits per heavy atom. The van der Waals surface area contributed by atoms with E-state index in [1.54, 1.807) is 24.4 Å². The monoisotopic (exact) mass is 253 g/mol. The third-order valence-corrected chi connectivity index (χ3v) is 2.47. The van der Waals surface area contributed by atoms with E-state index in [9.17, 15) is 14.7 Å². The predicted octanol–water partition coefficient (Wildman–Crippen LogP) is 2.04. The molecular weight excluding hydrogens is 242 g/mol. The molecule has 0 aliphatic rings. The van der Waals surface area contributed by atoms with Gasteiger partial charge in [-0.2, -0.15) is 0 Å². The van der Waals surface area contributed by atoms with Crippen molar-refractivity contribution in [2.45, 2.75) is 0 Å². The van der Waals surface area contributed by atoms with E-state index in [0.717, 1.165) is 0 Å². The van der Waals surface area contributed by atoms with Gasteiger partial charge in [0.2, 0.25) is 5.43 Å². The van der Waals surface area contributed by atoms with E-state index in [0.29, 0.717) is 5.69 Å². The molecule has 0 aliphatic carbocycles. The zero-order valence-corrected chi connectivity index (χ0v) is 9.98. The number of carbonyl (C=O) groups is 1. The lowest BCUT2D eigenvalue weighted by molar-refractivity contribution is 0.104. The van der Waals surface area contributed by atoms with E-state index in [1.165, 1.54) is 36.4 Å². The third-order valence-electron chi connectivity index (χ3n) is 2.47. The summed E-state index contributed by atoms with van der Waals surface area (Å²) in [6.07, 6.45) is 4.41. The van der Waals surface area contributed by atoms with Crippen LogP contribution in [0.15, 0.2) is 59.5 Å². The second-order valence-electron chi connectivity index (χ2n) is 3.80. The van der Waals surface area contributed by atoms with Gasteiger partial charge in [0.25, 0.3) is 0 Å². The van der Waals surface area contributed by atoms with E-state index >= 15 is 0 Å². The van der Waals surface area contributed by atoms with Gasteiger partial charge in [-0.05, 0) is 36.4 Å². The van der Waals surface area contributed by atoms with Crippen molar-refractivity contribution in [3.05, 3.63) is 76.2 Å². The molecule has 1 N–H and O–H groups in total. The first-order valence-electron chi connectivity index (χ1n) is 5.64. The number of hydrogen-bond donors (Lipinski definition) is 1. The van der Waals surface area contributed by atoms with Gasteiger partial charge in [0.1, 0.15) is 0 Å². The molecule has 1 aromatic carbocycles. The molecule has 0 atom stereocenters. The van der Waals surface area contributed by atoms with Crippen LogP contribution in [0.5, 0.6) is 5.75 Å². The van der Waals surface area contributed by atoms with Crippen molar-refractivity contribution >= 4 is 11.9 Å². The summed E-state index contributed by atoms with van der Waals surface area (Å²) >= 11 is 0. The van der Waals surface area contributed by atoms with E-state index in [4.69, 9.17) is 0 Å². The Bertz CT molecular complexity index is 678. The van der Waals surface area contributed by atoms with Crippen molar-refractivity contribution in [1.82, 2.24) is 4.98 Å². The molecule has 4 nitrogen and oxygen atoms in total. The highest BCUT2D eigenvalue weighted by Crippen LogP contribution is 2.11. The van der Waals surface area contributed by atoms with Crippen molar-refractivity contribution in [3.63, 3.8) is 0 Å². The average molecular weight is 253 g/mol. The smallest absolute Gasteiger partial charge is 0.220 e. The quantitative estimate of drug-likeness (QED) is 0.671. The summed E-state index contributed by atoms with van der Waals surface area (Å²) in [5.74, 6) is -0.989. The van der Waals surface area contributed by atoms with Gasteiger partial charge in [0, 0.05) is 6.20 Å². The lowest BCUT2D eigenvalue weighted by atomic mass is 10.1. The molecule has 1 aromatic heterocycles. The zero-order chi connectivity index (χ0) is 13.7. The molecule has 0 fully saturated rings. The van der Waals surface area contributed by atoms with Gasteiger partial charge in [-0.15, -0.1) is 0 Å². The van der Waals surface area contributed by atoms with E-state index in [2.05, 4.69) is 4.98 Å². The third kappa shape index (κ3) is 3.13. The van der Waals surface area contributed by atoms with Crippen LogP contribution >= 0.6 is 0 Å². The van der Waals surface area contributed by atoms with E-state index in [1.807, 2.05) is 0 Å². The van der Waals surface area contributed by atoms with Gasteiger partial charge in [-0.25, -0.2) is 0 Å². The lowest BCUT2D eigenvalue weighted by Gasteiger charge is -1.95. The Hall–Kier alpha value is -2.75. The summed E-state index contributed by atoms with van der Waals surface area (Å²) in [5.41, 5.74) is 0.0137. The molecule has 0 radical (unpaired) electrons. The normalized spacial score (nSPS) is 10.5. The van der Waals surface area contributed by atoms with Gasteiger partial charge in [-0.1, -0.05) is 18.2 Å². The van der Waals surface area contributed by atoms with Crippen LogP contribution < -0.4 is 5.43 Å². The van der Waals surface area contributed by atoms with Crippen molar-refractivity contribution in [1.29, 1.82) is 0 Å². The molecule has 2 aromatic rings. The minimum Gasteiger partial charge on any atom is -0.504 e. The molecule has 2 rings (SSSR count). The molecule has 0 saturated carbocycles. The van der Waals surface area contributed by atoms with Crippen molar-refractivity contribution in [2.24, 2.45) is 0 Å². The SMILES string of the molecule is O=C(/C=C/c1ccccn1)c1ccccc(=O)c1O. The summed E-state index contributed by atoms with van der Waals surface area (Å²) in [6, 6.07) is 10.9. The molecule has 0 bridgehead atoms. The Morgan fingerprint density at radius 3 is 2.58 bits per heavy atom. The van der Waals surface area contributed by atoms with Crippen LogP contribution in [0.1, 0.15) is 16.1 Å². The number of aromatic nitrogens is 1. The highest BCUT2D eigenvalue weighted by Gasteiger charge is 2.09. The van der Waals surface area contributed by atoms with Gasteiger partial charge in [-0.3, -0.25) is 14.6 Å². The van der Waals surface area contributed by atoms with Crippen molar-refractivity contribution in [3.8, 4) is 5.75 Å². The Morgan fingerprint density at radius 1 is 1.11 bits per heavy atom. The molecule has 4 heteroatoms. The molecule has 0 aliphatic heterocycles. The number of allylic oxidation sites excluding steroid dienone is 1. The molecule has 19 heavy (non-hydrogen) atoms. The minimum absolute atomic E-state index is 0.0258. The van der Waals surface area contributed by atoms with Gasteiger partial charge >= 0.3 is 0 Å². The molecule has 0 unspecified atom stereocenters. The van der Waals surface area contributed by atoms with Crippen LogP contribution in [-0.2, 0) is 0 Å². The number of pyridine rings is 1. The van der Waals surface area contributed by atoms with Gasteiger partial charge in [0.05, 0.1) is 11.3 Å². The van der Waals surface area contributed by atoms with Crippen LogP contribution in [0, 0.1) is 0 Å². The predicted molar refractivity (Wildman–Crippen MR) is 72.0 cm³/mol. The highest BCUT2D eigenvalue weighted by atomic mass is 16.3. The molecule has 0 spiro atoms. The van der Waals surface area contributed by atoms with E-state index < -0.39 is 17.0 Å². The van der Waals surface area contributed by atoms with Crippen molar-refractivity contribution < 1.29 is 9.90 Å². The fraction of sp³-hybridized carbons (Fsp3) is 0. The zero-order valence-electron chi connectivity index (χ0n) is 9.98. The second-order valence-corrected chi connectivity index (χ2v) is 3.80. The largest absolute Gasteiger partial charge is 0.504 e. The first-order valence-corrected chi connectivity index (χ1v) is 5.64. The number of rotatable bonds is 3.